The van der Waals surface area contributed by atoms with E-state index in [1.165, 1.54) is 11.1 Å². The topological polar surface area (TPSA) is 49.3 Å². The van der Waals surface area contributed by atoms with Gasteiger partial charge in [0.1, 0.15) is 6.04 Å². The molecule has 2 atom stereocenters. The minimum atomic E-state index is -0.775. The van der Waals surface area contributed by atoms with Crippen LogP contribution in [0.1, 0.15) is 22.6 Å². The summed E-state index contributed by atoms with van der Waals surface area (Å²) in [6, 6.07) is 17.7. The van der Waals surface area contributed by atoms with E-state index in [1.54, 1.807) is 0 Å². The highest BCUT2D eigenvalue weighted by Crippen LogP contribution is 2.28. The van der Waals surface area contributed by atoms with E-state index in [4.69, 9.17) is 0 Å². The predicted molar refractivity (Wildman–Crippen MR) is 82.5 cm³/mol. The summed E-state index contributed by atoms with van der Waals surface area (Å²) in [4.78, 5) is 11.7. The smallest absolute Gasteiger partial charge is 0.321 e. The number of carboxylic acid groups (broad SMARTS) is 1. The van der Waals surface area contributed by atoms with Crippen LogP contribution in [0.2, 0.25) is 0 Å². The van der Waals surface area contributed by atoms with Crippen molar-refractivity contribution in [3.63, 3.8) is 0 Å². The van der Waals surface area contributed by atoms with Gasteiger partial charge < -0.3 is 10.4 Å². The number of fused-ring (bicyclic) bond motifs is 1. The Hall–Kier alpha value is -2.13. The van der Waals surface area contributed by atoms with Gasteiger partial charge in [0.25, 0.3) is 0 Å². The van der Waals surface area contributed by atoms with Gasteiger partial charge in [-0.2, -0.15) is 0 Å². The average Bonchev–Trinajstić information content (AvgIpc) is 2.48. The van der Waals surface area contributed by atoms with Crippen molar-refractivity contribution in [1.29, 1.82) is 0 Å². The fraction of sp³-hybridized carbons (Fsp3) is 0.278. The molecule has 2 N–H and O–H groups in total. The Morgan fingerprint density at radius 2 is 1.67 bits per heavy atom. The third-order valence-corrected chi connectivity index (χ3v) is 4.21. The first-order valence-electron chi connectivity index (χ1n) is 7.33. The van der Waals surface area contributed by atoms with Crippen molar-refractivity contribution in [1.82, 2.24) is 5.32 Å². The first-order valence-corrected chi connectivity index (χ1v) is 7.33. The highest BCUT2D eigenvalue weighted by molar-refractivity contribution is 5.75. The van der Waals surface area contributed by atoms with E-state index in [1.807, 2.05) is 42.5 Å². The maximum Gasteiger partial charge on any atom is 0.321 e. The predicted octanol–water partition coefficient (Wildman–Crippen LogP) is 2.61. The van der Waals surface area contributed by atoms with E-state index in [0.29, 0.717) is 6.54 Å². The van der Waals surface area contributed by atoms with E-state index >= 15 is 0 Å². The Morgan fingerprint density at radius 1 is 1.00 bits per heavy atom. The highest BCUT2D eigenvalue weighted by atomic mass is 16.4. The van der Waals surface area contributed by atoms with Crippen molar-refractivity contribution < 1.29 is 9.90 Å². The van der Waals surface area contributed by atoms with Gasteiger partial charge in [-0.3, -0.25) is 4.79 Å². The van der Waals surface area contributed by atoms with Crippen LogP contribution in [-0.2, 0) is 17.6 Å². The second-order valence-electron chi connectivity index (χ2n) is 5.51. The lowest BCUT2D eigenvalue weighted by Gasteiger charge is -2.29. The molecule has 0 amide bonds. The third kappa shape index (κ3) is 2.98. The zero-order chi connectivity index (χ0) is 14.7. The van der Waals surface area contributed by atoms with Crippen LogP contribution in [0.25, 0.3) is 0 Å². The Balaban J connectivity index is 2.01. The molecule has 2 unspecified atom stereocenters. The fourth-order valence-corrected chi connectivity index (χ4v) is 3.13. The van der Waals surface area contributed by atoms with Crippen molar-refractivity contribution in [3.05, 3.63) is 71.3 Å². The van der Waals surface area contributed by atoms with E-state index in [-0.39, 0.29) is 5.92 Å². The molecular formula is C18H19NO2. The second-order valence-corrected chi connectivity index (χ2v) is 5.51. The number of rotatable bonds is 2. The molecule has 21 heavy (non-hydrogen) atoms. The van der Waals surface area contributed by atoms with Gasteiger partial charge in [-0.05, 0) is 29.5 Å². The van der Waals surface area contributed by atoms with Gasteiger partial charge in [0.15, 0.2) is 0 Å². The molecule has 3 rings (SSSR count). The molecule has 3 nitrogen and oxygen atoms in total. The highest BCUT2D eigenvalue weighted by Gasteiger charge is 2.30. The lowest BCUT2D eigenvalue weighted by molar-refractivity contribution is -0.140. The van der Waals surface area contributed by atoms with Crippen molar-refractivity contribution in [2.45, 2.75) is 24.8 Å². The minimum Gasteiger partial charge on any atom is -0.480 e. The first-order chi connectivity index (χ1) is 10.3. The van der Waals surface area contributed by atoms with Crippen molar-refractivity contribution >= 4 is 5.97 Å². The Bertz CT molecular complexity index is 624. The summed E-state index contributed by atoms with van der Waals surface area (Å²) in [5.41, 5.74) is 3.66. The van der Waals surface area contributed by atoms with Crippen LogP contribution in [0.15, 0.2) is 54.6 Å². The van der Waals surface area contributed by atoms with Crippen LogP contribution in [-0.4, -0.2) is 23.7 Å². The van der Waals surface area contributed by atoms with Crippen molar-refractivity contribution in [2.75, 3.05) is 6.54 Å². The molecule has 108 valence electrons. The maximum atomic E-state index is 11.7. The molecule has 2 aromatic rings. The number of hydrogen-bond acceptors (Lipinski definition) is 2. The number of aliphatic carboxylic acids is 1. The van der Waals surface area contributed by atoms with Crippen LogP contribution in [0, 0.1) is 0 Å². The maximum absolute atomic E-state index is 11.7. The molecular weight excluding hydrogens is 262 g/mol. The molecule has 0 saturated carbocycles. The summed E-state index contributed by atoms with van der Waals surface area (Å²) in [7, 11) is 0. The second kappa shape index (κ2) is 6.10. The van der Waals surface area contributed by atoms with Gasteiger partial charge >= 0.3 is 5.97 Å². The summed E-state index contributed by atoms with van der Waals surface area (Å²) < 4.78 is 0. The van der Waals surface area contributed by atoms with Gasteiger partial charge in [0.2, 0.25) is 0 Å². The van der Waals surface area contributed by atoms with Crippen molar-refractivity contribution in [3.8, 4) is 0 Å². The van der Waals surface area contributed by atoms with Crippen LogP contribution in [0.4, 0.5) is 0 Å². The molecule has 0 aliphatic carbocycles. The van der Waals surface area contributed by atoms with E-state index in [0.717, 1.165) is 18.4 Å². The number of carbonyl (C=O) groups is 1. The summed E-state index contributed by atoms with van der Waals surface area (Å²) in [5, 5.41) is 12.8. The van der Waals surface area contributed by atoms with Gasteiger partial charge in [0, 0.05) is 12.5 Å². The molecule has 2 aromatic carbocycles. The SMILES string of the molecule is O=C(O)C1NCCc2ccccc2CC1c1ccccc1. The third-order valence-electron chi connectivity index (χ3n) is 4.21. The Labute approximate surface area is 124 Å². The van der Waals surface area contributed by atoms with Crippen LogP contribution >= 0.6 is 0 Å². The standard InChI is InChI=1S/C18H19NO2/c20-18(21)17-16(14-7-2-1-3-8-14)12-15-9-5-4-6-13(15)10-11-19-17/h1-9,16-17,19H,10-12H2,(H,20,21). The van der Waals surface area contributed by atoms with Gasteiger partial charge in [0.05, 0.1) is 0 Å². The molecule has 3 heteroatoms. The van der Waals surface area contributed by atoms with Crippen LogP contribution < -0.4 is 5.32 Å². The number of nitrogens with one attached hydrogen (secondary N) is 1. The molecule has 0 bridgehead atoms. The summed E-state index contributed by atoms with van der Waals surface area (Å²) in [6.45, 7) is 0.692. The van der Waals surface area contributed by atoms with E-state index < -0.39 is 12.0 Å². The lowest BCUT2D eigenvalue weighted by Crippen LogP contribution is -2.44. The molecule has 1 aliphatic heterocycles. The quantitative estimate of drug-likeness (QED) is 0.889. The summed E-state index contributed by atoms with van der Waals surface area (Å²) >= 11 is 0. The molecule has 0 aromatic heterocycles. The van der Waals surface area contributed by atoms with Gasteiger partial charge in [-0.25, -0.2) is 0 Å². The summed E-state index contributed by atoms with van der Waals surface area (Å²) in [5.74, 6) is -0.826. The monoisotopic (exact) mass is 281 g/mol. The number of carboxylic acids is 1. The largest absolute Gasteiger partial charge is 0.480 e. The van der Waals surface area contributed by atoms with E-state index in [9.17, 15) is 9.90 Å². The molecule has 1 aliphatic rings. The molecule has 0 fully saturated rings. The molecule has 0 saturated heterocycles. The Kier molecular flexibility index (Phi) is 4.02. The average molecular weight is 281 g/mol. The number of benzene rings is 2. The molecule has 0 spiro atoms. The fourth-order valence-electron chi connectivity index (χ4n) is 3.13. The molecule has 0 radical (unpaired) electrons. The zero-order valence-electron chi connectivity index (χ0n) is 11.8. The van der Waals surface area contributed by atoms with Crippen LogP contribution in [0.5, 0.6) is 0 Å². The number of hydrogen-bond donors (Lipinski definition) is 2. The zero-order valence-corrected chi connectivity index (χ0v) is 11.8. The van der Waals surface area contributed by atoms with Crippen LogP contribution in [0.3, 0.4) is 0 Å². The van der Waals surface area contributed by atoms with E-state index in [2.05, 4.69) is 17.4 Å². The van der Waals surface area contributed by atoms with Crippen molar-refractivity contribution in [2.24, 2.45) is 0 Å². The van der Waals surface area contributed by atoms with Gasteiger partial charge in [-0.15, -0.1) is 0 Å². The summed E-state index contributed by atoms with van der Waals surface area (Å²) in [6.07, 6.45) is 1.63. The lowest BCUT2D eigenvalue weighted by atomic mass is 9.83. The van der Waals surface area contributed by atoms with Gasteiger partial charge in [-0.1, -0.05) is 54.6 Å². The minimum absolute atomic E-state index is 0.0508. The molecule has 1 heterocycles. The normalized spacial score (nSPS) is 21.9. The first kappa shape index (κ1) is 13.8. The Morgan fingerprint density at radius 3 is 2.38 bits per heavy atom.